The van der Waals surface area contributed by atoms with Gasteiger partial charge < -0.3 is 0 Å². The third kappa shape index (κ3) is 3.18. The van der Waals surface area contributed by atoms with E-state index in [1.165, 1.54) is 12.2 Å². The molecule has 2 aliphatic rings. The summed E-state index contributed by atoms with van der Waals surface area (Å²) in [6, 6.07) is 0. The van der Waals surface area contributed by atoms with Crippen molar-refractivity contribution in [3.63, 3.8) is 0 Å². The molecule has 6 heteroatoms. The standard InChI is InChI=1S/C17H22F6/c1-11-3-7-13(8-4-11)15(16(18,19)20,17(21,22)23)14-9-5-12(2)6-10-14/h3,7,9,11-13H,4-6,8,10H2,1-2H3. The molecule has 0 aliphatic heterocycles. The highest BCUT2D eigenvalue weighted by atomic mass is 19.4. The van der Waals surface area contributed by atoms with Gasteiger partial charge in [-0.1, -0.05) is 32.1 Å². The van der Waals surface area contributed by atoms with Gasteiger partial charge in [-0.05, 0) is 49.5 Å². The Morgan fingerprint density at radius 2 is 1.48 bits per heavy atom. The number of allylic oxidation sites excluding steroid dienone is 4. The van der Waals surface area contributed by atoms with E-state index >= 15 is 0 Å². The van der Waals surface area contributed by atoms with Crippen LogP contribution in [-0.4, -0.2) is 12.4 Å². The van der Waals surface area contributed by atoms with Gasteiger partial charge in [-0.2, -0.15) is 26.3 Å². The molecule has 3 atom stereocenters. The highest BCUT2D eigenvalue weighted by Gasteiger charge is 2.74. The lowest BCUT2D eigenvalue weighted by molar-refractivity contribution is -0.340. The smallest absolute Gasteiger partial charge is 0.170 e. The monoisotopic (exact) mass is 340 g/mol. The number of hydrogen-bond acceptors (Lipinski definition) is 0. The minimum absolute atomic E-state index is 0.0192. The number of halogens is 6. The minimum atomic E-state index is -5.35. The lowest BCUT2D eigenvalue weighted by Crippen LogP contribution is -2.56. The normalized spacial score (nSPS) is 30.3. The Kier molecular flexibility index (Phi) is 4.94. The molecule has 0 spiro atoms. The first-order valence-electron chi connectivity index (χ1n) is 8.01. The summed E-state index contributed by atoms with van der Waals surface area (Å²) in [5.41, 5.74) is -4.23. The molecule has 0 heterocycles. The second-order valence-electron chi connectivity index (χ2n) is 6.96. The van der Waals surface area contributed by atoms with Crippen LogP contribution in [-0.2, 0) is 0 Å². The van der Waals surface area contributed by atoms with Crippen LogP contribution < -0.4 is 0 Å². The molecular formula is C17H22F6. The molecule has 0 nitrogen and oxygen atoms in total. The molecule has 0 fully saturated rings. The third-order valence-corrected chi connectivity index (χ3v) is 5.24. The topological polar surface area (TPSA) is 0 Å². The molecule has 0 aromatic carbocycles. The molecule has 0 aromatic heterocycles. The number of hydrogen-bond donors (Lipinski definition) is 0. The van der Waals surface area contributed by atoms with E-state index < -0.39 is 29.3 Å². The maximum absolute atomic E-state index is 13.8. The molecule has 0 radical (unpaired) electrons. The maximum Gasteiger partial charge on any atom is 0.407 e. The molecular weight excluding hydrogens is 318 g/mol. The fourth-order valence-electron chi connectivity index (χ4n) is 3.83. The third-order valence-electron chi connectivity index (χ3n) is 5.24. The second kappa shape index (κ2) is 6.17. The number of alkyl halides is 6. The summed E-state index contributed by atoms with van der Waals surface area (Å²) in [6.07, 6.45) is -6.12. The average Bonchev–Trinajstić information content (AvgIpc) is 2.40. The molecule has 132 valence electrons. The molecule has 0 saturated heterocycles. The molecule has 0 saturated carbocycles. The molecule has 23 heavy (non-hydrogen) atoms. The van der Waals surface area contributed by atoms with Gasteiger partial charge in [-0.3, -0.25) is 0 Å². The molecule has 2 rings (SSSR count). The zero-order valence-corrected chi connectivity index (χ0v) is 13.3. The predicted octanol–water partition coefficient (Wildman–Crippen LogP) is 6.45. The fraction of sp³-hybridized carbons (Fsp3) is 0.765. The van der Waals surface area contributed by atoms with Gasteiger partial charge in [0.2, 0.25) is 0 Å². The van der Waals surface area contributed by atoms with Gasteiger partial charge in [0.15, 0.2) is 5.41 Å². The summed E-state index contributed by atoms with van der Waals surface area (Å²) in [4.78, 5) is 0. The van der Waals surface area contributed by atoms with E-state index in [2.05, 4.69) is 0 Å². The van der Waals surface area contributed by atoms with E-state index in [1.807, 2.05) is 6.92 Å². The van der Waals surface area contributed by atoms with E-state index in [1.54, 1.807) is 6.92 Å². The van der Waals surface area contributed by atoms with Gasteiger partial charge >= 0.3 is 12.4 Å². The summed E-state index contributed by atoms with van der Waals surface area (Å²) >= 11 is 0. The predicted molar refractivity (Wildman–Crippen MR) is 76.7 cm³/mol. The molecule has 3 unspecified atom stereocenters. The van der Waals surface area contributed by atoms with Crippen molar-refractivity contribution in [2.45, 2.75) is 58.3 Å². The van der Waals surface area contributed by atoms with Crippen LogP contribution >= 0.6 is 0 Å². The van der Waals surface area contributed by atoms with E-state index in [-0.39, 0.29) is 31.1 Å². The van der Waals surface area contributed by atoms with E-state index in [4.69, 9.17) is 0 Å². The van der Waals surface area contributed by atoms with Crippen molar-refractivity contribution in [2.75, 3.05) is 0 Å². The van der Waals surface area contributed by atoms with Crippen molar-refractivity contribution >= 4 is 0 Å². The first kappa shape index (κ1) is 18.4. The van der Waals surface area contributed by atoms with Gasteiger partial charge in [-0.15, -0.1) is 0 Å². The number of rotatable bonds is 2. The van der Waals surface area contributed by atoms with Crippen molar-refractivity contribution in [1.82, 2.24) is 0 Å². The second-order valence-corrected chi connectivity index (χ2v) is 6.96. The van der Waals surface area contributed by atoms with Crippen LogP contribution in [0.1, 0.15) is 46.0 Å². The summed E-state index contributed by atoms with van der Waals surface area (Å²) in [5.74, 6) is -1.43. The van der Waals surface area contributed by atoms with Crippen LogP contribution in [0.3, 0.4) is 0 Å². The van der Waals surface area contributed by atoms with Crippen LogP contribution in [0.5, 0.6) is 0 Å². The molecule has 0 amide bonds. The van der Waals surface area contributed by atoms with Crippen LogP contribution in [0.4, 0.5) is 26.3 Å². The zero-order valence-electron chi connectivity index (χ0n) is 13.3. The average molecular weight is 340 g/mol. The lowest BCUT2D eigenvalue weighted by Gasteiger charge is -2.46. The van der Waals surface area contributed by atoms with Gasteiger partial charge in [0.25, 0.3) is 0 Å². The molecule has 0 N–H and O–H groups in total. The van der Waals surface area contributed by atoms with Crippen LogP contribution in [0.2, 0.25) is 0 Å². The Balaban J connectivity index is 2.60. The SMILES string of the molecule is CC1C=CC(C(C2=CCC(C)CC2)(C(F)(F)F)C(F)(F)F)CC1. The highest BCUT2D eigenvalue weighted by molar-refractivity contribution is 5.28. The van der Waals surface area contributed by atoms with Crippen molar-refractivity contribution in [3.05, 3.63) is 23.8 Å². The Labute approximate surface area is 132 Å². The van der Waals surface area contributed by atoms with Crippen molar-refractivity contribution in [1.29, 1.82) is 0 Å². The summed E-state index contributed by atoms with van der Waals surface area (Å²) in [7, 11) is 0. The Bertz CT molecular complexity index is 468. The summed E-state index contributed by atoms with van der Waals surface area (Å²) in [5, 5.41) is 0. The minimum Gasteiger partial charge on any atom is -0.170 e. The largest absolute Gasteiger partial charge is 0.407 e. The molecule has 2 aliphatic carbocycles. The van der Waals surface area contributed by atoms with Gasteiger partial charge in [0, 0.05) is 5.92 Å². The zero-order chi connectivity index (χ0) is 17.5. The first-order valence-corrected chi connectivity index (χ1v) is 8.01. The quantitative estimate of drug-likeness (QED) is 0.400. The highest BCUT2D eigenvalue weighted by Crippen LogP contribution is 2.63. The van der Waals surface area contributed by atoms with E-state index in [9.17, 15) is 26.3 Å². The molecule has 0 aromatic rings. The van der Waals surface area contributed by atoms with Gasteiger partial charge in [0.1, 0.15) is 0 Å². The Morgan fingerprint density at radius 3 is 1.87 bits per heavy atom. The van der Waals surface area contributed by atoms with Gasteiger partial charge in [0.05, 0.1) is 0 Å². The van der Waals surface area contributed by atoms with E-state index in [0.29, 0.717) is 12.8 Å². The van der Waals surface area contributed by atoms with Crippen molar-refractivity contribution < 1.29 is 26.3 Å². The maximum atomic E-state index is 13.8. The Morgan fingerprint density at radius 1 is 0.870 bits per heavy atom. The fourth-order valence-corrected chi connectivity index (χ4v) is 3.83. The molecule has 0 bridgehead atoms. The van der Waals surface area contributed by atoms with Crippen molar-refractivity contribution in [3.8, 4) is 0 Å². The van der Waals surface area contributed by atoms with Crippen molar-refractivity contribution in [2.24, 2.45) is 23.2 Å². The lowest BCUT2D eigenvalue weighted by atomic mass is 9.62. The summed E-state index contributed by atoms with van der Waals surface area (Å²) in [6.45, 7) is 3.65. The van der Waals surface area contributed by atoms with Crippen LogP contribution in [0.15, 0.2) is 23.8 Å². The Hall–Kier alpha value is -0.940. The first-order chi connectivity index (χ1) is 10.5. The van der Waals surface area contributed by atoms with Crippen LogP contribution in [0.25, 0.3) is 0 Å². The van der Waals surface area contributed by atoms with E-state index in [0.717, 1.165) is 6.08 Å². The van der Waals surface area contributed by atoms with Gasteiger partial charge in [-0.25, -0.2) is 0 Å². The summed E-state index contributed by atoms with van der Waals surface area (Å²) < 4.78 is 83.0. The van der Waals surface area contributed by atoms with Crippen LogP contribution in [0, 0.1) is 23.2 Å².